The van der Waals surface area contributed by atoms with Crippen molar-refractivity contribution in [3.05, 3.63) is 65.7 Å². The molecule has 3 aromatic carbocycles. The molecule has 1 amide bonds. The van der Waals surface area contributed by atoms with Crippen LogP contribution in [0.4, 0.5) is 11.4 Å². The fourth-order valence-electron chi connectivity index (χ4n) is 3.19. The SMILES string of the molecule is O=C(COC(=O)CN1c2cccc3cccc(c23)S1(=O)=O)Nc1ccccc1Cl. The number of amides is 1. The van der Waals surface area contributed by atoms with E-state index in [9.17, 15) is 18.0 Å². The highest BCUT2D eigenvalue weighted by Gasteiger charge is 2.37. The number of carbonyl (C=O) groups excluding carboxylic acids is 2. The Morgan fingerprint density at radius 3 is 2.48 bits per heavy atom. The lowest BCUT2D eigenvalue weighted by Crippen LogP contribution is -2.34. The molecule has 7 nitrogen and oxygen atoms in total. The van der Waals surface area contributed by atoms with E-state index < -0.39 is 35.1 Å². The molecule has 0 saturated heterocycles. The summed E-state index contributed by atoms with van der Waals surface area (Å²) in [4.78, 5) is 24.4. The number of hydrogen-bond donors (Lipinski definition) is 1. The second-order valence-corrected chi connectivity index (χ2v) is 8.57. The van der Waals surface area contributed by atoms with Gasteiger partial charge in [-0.25, -0.2) is 8.42 Å². The topological polar surface area (TPSA) is 92.8 Å². The van der Waals surface area contributed by atoms with Gasteiger partial charge in [-0.2, -0.15) is 0 Å². The summed E-state index contributed by atoms with van der Waals surface area (Å²) >= 11 is 5.96. The van der Waals surface area contributed by atoms with Crippen molar-refractivity contribution in [2.75, 3.05) is 22.8 Å². The maximum absolute atomic E-state index is 12.8. The van der Waals surface area contributed by atoms with Gasteiger partial charge in [0, 0.05) is 5.39 Å². The first-order chi connectivity index (χ1) is 13.9. The summed E-state index contributed by atoms with van der Waals surface area (Å²) in [6.45, 7) is -1.09. The summed E-state index contributed by atoms with van der Waals surface area (Å²) in [6, 6.07) is 16.7. The third-order valence-electron chi connectivity index (χ3n) is 4.47. The molecule has 29 heavy (non-hydrogen) atoms. The van der Waals surface area contributed by atoms with Gasteiger partial charge in [0.1, 0.15) is 6.54 Å². The Morgan fingerprint density at radius 1 is 1.00 bits per heavy atom. The minimum atomic E-state index is -3.87. The predicted octanol–water partition coefficient (Wildman–Crippen LogP) is 3.18. The second kappa shape index (κ2) is 7.38. The number of sulfonamides is 1. The molecule has 148 valence electrons. The standard InChI is InChI=1S/C20H15ClN2O5S/c21-14-7-1-2-8-15(14)22-18(24)12-28-19(25)11-23-16-9-3-5-13-6-4-10-17(20(13)16)29(23,26)27/h1-10H,11-12H2,(H,22,24). The molecule has 4 rings (SSSR count). The summed E-state index contributed by atoms with van der Waals surface area (Å²) in [6.07, 6.45) is 0. The molecule has 0 radical (unpaired) electrons. The van der Waals surface area contributed by atoms with E-state index in [-0.39, 0.29) is 4.90 Å². The van der Waals surface area contributed by atoms with E-state index in [1.165, 1.54) is 6.07 Å². The lowest BCUT2D eigenvalue weighted by Gasteiger charge is -2.17. The molecule has 0 atom stereocenters. The average molecular weight is 431 g/mol. The first-order valence-electron chi connectivity index (χ1n) is 8.62. The van der Waals surface area contributed by atoms with E-state index in [0.29, 0.717) is 21.8 Å². The van der Waals surface area contributed by atoms with Crippen LogP contribution in [0.3, 0.4) is 0 Å². The monoisotopic (exact) mass is 430 g/mol. The Kier molecular flexibility index (Phi) is 4.89. The van der Waals surface area contributed by atoms with Crippen LogP contribution in [-0.2, 0) is 24.3 Å². The number of rotatable bonds is 5. The van der Waals surface area contributed by atoms with Crippen molar-refractivity contribution in [1.29, 1.82) is 0 Å². The molecule has 1 aliphatic rings. The molecule has 0 bridgehead atoms. The number of esters is 1. The van der Waals surface area contributed by atoms with Gasteiger partial charge in [-0.1, -0.05) is 48.0 Å². The number of hydrogen-bond acceptors (Lipinski definition) is 5. The number of ether oxygens (including phenoxy) is 1. The number of para-hydroxylation sites is 1. The van der Waals surface area contributed by atoms with Gasteiger partial charge in [-0.3, -0.25) is 13.9 Å². The lowest BCUT2D eigenvalue weighted by atomic mass is 10.1. The van der Waals surface area contributed by atoms with Gasteiger partial charge < -0.3 is 10.1 Å². The van der Waals surface area contributed by atoms with Crippen molar-refractivity contribution in [3.63, 3.8) is 0 Å². The van der Waals surface area contributed by atoms with Gasteiger partial charge in [-0.15, -0.1) is 0 Å². The molecule has 0 spiro atoms. The number of nitrogens with one attached hydrogen (secondary N) is 1. The average Bonchev–Trinajstić information content (AvgIpc) is 2.92. The third-order valence-corrected chi connectivity index (χ3v) is 6.60. The van der Waals surface area contributed by atoms with Crippen LogP contribution < -0.4 is 9.62 Å². The van der Waals surface area contributed by atoms with Gasteiger partial charge in [0.2, 0.25) is 0 Å². The number of halogens is 1. The van der Waals surface area contributed by atoms with E-state index in [1.807, 2.05) is 0 Å². The van der Waals surface area contributed by atoms with Crippen LogP contribution in [0.15, 0.2) is 65.6 Å². The van der Waals surface area contributed by atoms with Crippen molar-refractivity contribution in [3.8, 4) is 0 Å². The molecule has 9 heteroatoms. The molecular formula is C20H15ClN2O5S. The Hall–Kier alpha value is -3.10. The van der Waals surface area contributed by atoms with Gasteiger partial charge in [0.05, 0.1) is 21.3 Å². The minimum Gasteiger partial charge on any atom is -0.454 e. The van der Waals surface area contributed by atoms with Crippen LogP contribution in [0.1, 0.15) is 0 Å². The Balaban J connectivity index is 1.45. The number of nitrogens with zero attached hydrogens (tertiary/aromatic N) is 1. The van der Waals surface area contributed by atoms with Crippen molar-refractivity contribution >= 4 is 55.6 Å². The van der Waals surface area contributed by atoms with Gasteiger partial charge in [0.15, 0.2) is 6.61 Å². The summed E-state index contributed by atoms with van der Waals surface area (Å²) in [5.41, 5.74) is 0.801. The zero-order valence-electron chi connectivity index (χ0n) is 15.0. The largest absolute Gasteiger partial charge is 0.454 e. The summed E-state index contributed by atoms with van der Waals surface area (Å²) in [5, 5.41) is 4.21. The highest BCUT2D eigenvalue weighted by atomic mass is 35.5. The zero-order valence-corrected chi connectivity index (χ0v) is 16.5. The molecule has 1 heterocycles. The maximum atomic E-state index is 12.8. The van der Waals surface area contributed by atoms with Crippen LogP contribution in [0, 0.1) is 0 Å². The Morgan fingerprint density at radius 2 is 1.72 bits per heavy atom. The van der Waals surface area contributed by atoms with E-state index in [4.69, 9.17) is 16.3 Å². The van der Waals surface area contributed by atoms with Crippen molar-refractivity contribution in [1.82, 2.24) is 0 Å². The molecule has 3 aromatic rings. The molecular weight excluding hydrogens is 416 g/mol. The van der Waals surface area contributed by atoms with Gasteiger partial charge in [-0.05, 0) is 29.7 Å². The molecule has 0 fully saturated rings. The summed E-state index contributed by atoms with van der Waals surface area (Å²) < 4.78 is 31.6. The fraction of sp³-hybridized carbons (Fsp3) is 0.100. The van der Waals surface area contributed by atoms with Crippen molar-refractivity contribution in [2.45, 2.75) is 4.90 Å². The smallest absolute Gasteiger partial charge is 0.327 e. The summed E-state index contributed by atoms with van der Waals surface area (Å²) in [7, 11) is -3.87. The van der Waals surface area contributed by atoms with Gasteiger partial charge in [0.25, 0.3) is 15.9 Å². The highest BCUT2D eigenvalue weighted by Crippen LogP contribution is 2.41. The number of benzene rings is 3. The quantitative estimate of drug-likeness (QED) is 0.627. The van der Waals surface area contributed by atoms with Crippen molar-refractivity contribution in [2.24, 2.45) is 0 Å². The molecule has 0 unspecified atom stereocenters. The molecule has 0 aliphatic carbocycles. The van der Waals surface area contributed by atoms with Crippen LogP contribution in [0.5, 0.6) is 0 Å². The first-order valence-corrected chi connectivity index (χ1v) is 10.4. The van der Waals surface area contributed by atoms with Crippen LogP contribution in [0.2, 0.25) is 5.02 Å². The molecule has 1 aliphatic heterocycles. The third kappa shape index (κ3) is 3.52. The van der Waals surface area contributed by atoms with Crippen LogP contribution in [0.25, 0.3) is 10.8 Å². The predicted molar refractivity (Wildman–Crippen MR) is 110 cm³/mol. The van der Waals surface area contributed by atoms with Crippen LogP contribution in [-0.4, -0.2) is 33.4 Å². The van der Waals surface area contributed by atoms with Crippen LogP contribution >= 0.6 is 11.6 Å². The van der Waals surface area contributed by atoms with E-state index >= 15 is 0 Å². The van der Waals surface area contributed by atoms with Crippen molar-refractivity contribution < 1.29 is 22.7 Å². The number of anilines is 2. The highest BCUT2D eigenvalue weighted by molar-refractivity contribution is 7.93. The molecule has 1 N–H and O–H groups in total. The lowest BCUT2D eigenvalue weighted by molar-refractivity contribution is -0.145. The minimum absolute atomic E-state index is 0.148. The second-order valence-electron chi connectivity index (χ2n) is 6.33. The van der Waals surface area contributed by atoms with E-state index in [2.05, 4.69) is 5.32 Å². The van der Waals surface area contributed by atoms with E-state index in [0.717, 1.165) is 9.69 Å². The van der Waals surface area contributed by atoms with Gasteiger partial charge >= 0.3 is 5.97 Å². The zero-order chi connectivity index (χ0) is 20.6. The molecule has 0 saturated carbocycles. The normalized spacial score (nSPS) is 14.0. The molecule has 0 aromatic heterocycles. The first kappa shape index (κ1) is 19.2. The van der Waals surface area contributed by atoms with E-state index in [1.54, 1.807) is 54.6 Å². The number of carbonyl (C=O) groups is 2. The fourth-order valence-corrected chi connectivity index (χ4v) is 5.02. The maximum Gasteiger partial charge on any atom is 0.327 e. The Labute approximate surface area is 171 Å². The summed E-state index contributed by atoms with van der Waals surface area (Å²) in [5.74, 6) is -1.42. The Bertz CT molecular complexity index is 1240.